The lowest BCUT2D eigenvalue weighted by atomic mass is 10.1. The standard InChI is InChI=1S/C15H17BrN4O/c1-10(21)19-12-3-2-6-20(8-12)15-13-7-11(16)4-5-14(13)17-9-18-15/h4-5,7,9,12H,2-3,6,8H2,1H3,(H,19,21). The Morgan fingerprint density at radius 2 is 2.29 bits per heavy atom. The molecule has 1 aliphatic rings. The van der Waals surface area contributed by atoms with Crippen molar-refractivity contribution < 1.29 is 4.79 Å². The Kier molecular flexibility index (Phi) is 4.05. The van der Waals surface area contributed by atoms with E-state index in [1.54, 1.807) is 13.3 Å². The number of carbonyl (C=O) groups excluding carboxylic acids is 1. The summed E-state index contributed by atoms with van der Waals surface area (Å²) in [6.45, 7) is 3.31. The molecule has 0 bridgehead atoms. The summed E-state index contributed by atoms with van der Waals surface area (Å²) in [5.41, 5.74) is 0.935. The summed E-state index contributed by atoms with van der Waals surface area (Å²) in [6, 6.07) is 6.20. The number of benzene rings is 1. The topological polar surface area (TPSA) is 58.1 Å². The van der Waals surface area contributed by atoms with Crippen LogP contribution in [0.25, 0.3) is 10.9 Å². The molecule has 2 aromatic rings. The number of nitrogens with one attached hydrogen (secondary N) is 1. The quantitative estimate of drug-likeness (QED) is 0.905. The molecule has 21 heavy (non-hydrogen) atoms. The van der Waals surface area contributed by atoms with Gasteiger partial charge in [-0.15, -0.1) is 0 Å². The van der Waals surface area contributed by atoms with E-state index in [4.69, 9.17) is 0 Å². The molecule has 1 amide bonds. The molecule has 5 nitrogen and oxygen atoms in total. The van der Waals surface area contributed by atoms with E-state index >= 15 is 0 Å². The van der Waals surface area contributed by atoms with Crippen molar-refractivity contribution in [2.24, 2.45) is 0 Å². The highest BCUT2D eigenvalue weighted by Crippen LogP contribution is 2.28. The molecule has 1 aliphatic heterocycles. The first kappa shape index (κ1) is 14.3. The van der Waals surface area contributed by atoms with Gasteiger partial charge < -0.3 is 10.2 Å². The van der Waals surface area contributed by atoms with Crippen molar-refractivity contribution in [3.8, 4) is 0 Å². The Balaban J connectivity index is 1.92. The smallest absolute Gasteiger partial charge is 0.217 e. The summed E-state index contributed by atoms with van der Waals surface area (Å²) in [5, 5.41) is 4.05. The van der Waals surface area contributed by atoms with Crippen LogP contribution in [0.1, 0.15) is 19.8 Å². The molecule has 1 saturated heterocycles. The predicted octanol–water partition coefficient (Wildman–Crippen LogP) is 2.50. The molecule has 2 heterocycles. The first-order chi connectivity index (χ1) is 10.1. The van der Waals surface area contributed by atoms with E-state index in [9.17, 15) is 4.79 Å². The third-order valence-corrected chi connectivity index (χ3v) is 4.20. The Bertz CT molecular complexity index is 676. The van der Waals surface area contributed by atoms with Crippen molar-refractivity contribution in [3.05, 3.63) is 29.0 Å². The summed E-state index contributed by atoms with van der Waals surface area (Å²) in [6.07, 6.45) is 3.67. The molecule has 3 rings (SSSR count). The Labute approximate surface area is 131 Å². The zero-order valence-electron chi connectivity index (χ0n) is 11.8. The van der Waals surface area contributed by atoms with Crippen LogP contribution in [0.3, 0.4) is 0 Å². The average Bonchev–Trinajstić information content (AvgIpc) is 2.46. The van der Waals surface area contributed by atoms with Crippen LogP contribution in [0.2, 0.25) is 0 Å². The van der Waals surface area contributed by atoms with E-state index in [0.29, 0.717) is 0 Å². The molecule has 0 saturated carbocycles. The van der Waals surface area contributed by atoms with Gasteiger partial charge in [0.2, 0.25) is 5.91 Å². The minimum atomic E-state index is 0.0251. The number of amides is 1. The first-order valence-electron chi connectivity index (χ1n) is 7.06. The van der Waals surface area contributed by atoms with E-state index in [-0.39, 0.29) is 11.9 Å². The lowest BCUT2D eigenvalue weighted by Crippen LogP contribution is -2.47. The van der Waals surface area contributed by atoms with Crippen molar-refractivity contribution in [2.75, 3.05) is 18.0 Å². The number of nitrogens with zero attached hydrogens (tertiary/aromatic N) is 3. The fourth-order valence-corrected chi connectivity index (χ4v) is 3.20. The van der Waals surface area contributed by atoms with E-state index in [1.807, 2.05) is 18.2 Å². The highest BCUT2D eigenvalue weighted by atomic mass is 79.9. The third-order valence-electron chi connectivity index (χ3n) is 3.70. The largest absolute Gasteiger partial charge is 0.354 e. The number of halogens is 1. The second kappa shape index (κ2) is 5.97. The molecule has 6 heteroatoms. The number of aromatic nitrogens is 2. The molecule has 0 radical (unpaired) electrons. The normalized spacial score (nSPS) is 18.8. The van der Waals surface area contributed by atoms with Crippen molar-refractivity contribution >= 4 is 38.6 Å². The Hall–Kier alpha value is -1.69. The van der Waals surface area contributed by atoms with Gasteiger partial charge in [0, 0.05) is 35.9 Å². The van der Waals surface area contributed by atoms with E-state index in [0.717, 1.165) is 47.1 Å². The molecule has 1 fully saturated rings. The van der Waals surface area contributed by atoms with Gasteiger partial charge in [-0.25, -0.2) is 9.97 Å². The van der Waals surface area contributed by atoms with Crippen LogP contribution >= 0.6 is 15.9 Å². The van der Waals surface area contributed by atoms with Crippen LogP contribution in [-0.4, -0.2) is 35.0 Å². The zero-order chi connectivity index (χ0) is 14.8. The molecule has 1 aromatic carbocycles. The van der Waals surface area contributed by atoms with E-state index in [1.165, 1.54) is 0 Å². The number of fused-ring (bicyclic) bond motifs is 1. The van der Waals surface area contributed by atoms with Crippen LogP contribution in [0, 0.1) is 0 Å². The number of anilines is 1. The maximum absolute atomic E-state index is 11.3. The van der Waals surface area contributed by atoms with Gasteiger partial charge in [0.25, 0.3) is 0 Å². The Morgan fingerprint density at radius 3 is 3.10 bits per heavy atom. The fourth-order valence-electron chi connectivity index (χ4n) is 2.84. The minimum Gasteiger partial charge on any atom is -0.354 e. The second-order valence-electron chi connectivity index (χ2n) is 5.34. The number of carbonyl (C=O) groups is 1. The van der Waals surface area contributed by atoms with Gasteiger partial charge in [-0.05, 0) is 31.0 Å². The molecular weight excluding hydrogens is 332 g/mol. The van der Waals surface area contributed by atoms with Gasteiger partial charge in [-0.2, -0.15) is 0 Å². The summed E-state index contributed by atoms with van der Waals surface area (Å²) >= 11 is 3.50. The monoisotopic (exact) mass is 348 g/mol. The zero-order valence-corrected chi connectivity index (χ0v) is 13.4. The maximum atomic E-state index is 11.3. The van der Waals surface area contributed by atoms with Crippen LogP contribution in [0.15, 0.2) is 29.0 Å². The molecule has 110 valence electrons. The van der Waals surface area contributed by atoms with Gasteiger partial charge in [0.1, 0.15) is 12.1 Å². The van der Waals surface area contributed by atoms with Crippen LogP contribution in [0.5, 0.6) is 0 Å². The van der Waals surface area contributed by atoms with Crippen molar-refractivity contribution in [3.63, 3.8) is 0 Å². The highest BCUT2D eigenvalue weighted by molar-refractivity contribution is 9.10. The summed E-state index contributed by atoms with van der Waals surface area (Å²) in [7, 11) is 0. The van der Waals surface area contributed by atoms with Gasteiger partial charge in [-0.3, -0.25) is 4.79 Å². The molecule has 1 aromatic heterocycles. The number of piperidine rings is 1. The van der Waals surface area contributed by atoms with Gasteiger partial charge in [-0.1, -0.05) is 15.9 Å². The molecule has 1 unspecified atom stereocenters. The van der Waals surface area contributed by atoms with E-state index in [2.05, 4.69) is 36.1 Å². The number of hydrogen-bond donors (Lipinski definition) is 1. The minimum absolute atomic E-state index is 0.0251. The average molecular weight is 349 g/mol. The molecule has 0 spiro atoms. The summed E-state index contributed by atoms with van der Waals surface area (Å²) in [5.74, 6) is 0.966. The van der Waals surface area contributed by atoms with Crippen LogP contribution < -0.4 is 10.2 Å². The number of hydrogen-bond acceptors (Lipinski definition) is 4. The van der Waals surface area contributed by atoms with E-state index < -0.39 is 0 Å². The maximum Gasteiger partial charge on any atom is 0.217 e. The summed E-state index contributed by atoms with van der Waals surface area (Å²) < 4.78 is 1.02. The molecular formula is C15H17BrN4O. The SMILES string of the molecule is CC(=O)NC1CCCN(c2ncnc3ccc(Br)cc23)C1. The first-order valence-corrected chi connectivity index (χ1v) is 7.85. The summed E-state index contributed by atoms with van der Waals surface area (Å²) in [4.78, 5) is 22.3. The van der Waals surface area contributed by atoms with Crippen molar-refractivity contribution in [1.82, 2.24) is 15.3 Å². The lowest BCUT2D eigenvalue weighted by Gasteiger charge is -2.34. The second-order valence-corrected chi connectivity index (χ2v) is 6.26. The van der Waals surface area contributed by atoms with Gasteiger partial charge in [0.15, 0.2) is 0 Å². The predicted molar refractivity (Wildman–Crippen MR) is 86.3 cm³/mol. The van der Waals surface area contributed by atoms with Crippen LogP contribution in [0.4, 0.5) is 5.82 Å². The van der Waals surface area contributed by atoms with Crippen LogP contribution in [-0.2, 0) is 4.79 Å². The third kappa shape index (κ3) is 3.15. The highest BCUT2D eigenvalue weighted by Gasteiger charge is 2.22. The molecule has 1 atom stereocenters. The van der Waals surface area contributed by atoms with Gasteiger partial charge >= 0.3 is 0 Å². The number of rotatable bonds is 2. The Morgan fingerprint density at radius 1 is 1.43 bits per heavy atom. The van der Waals surface area contributed by atoms with Crippen molar-refractivity contribution in [1.29, 1.82) is 0 Å². The van der Waals surface area contributed by atoms with Gasteiger partial charge in [0.05, 0.1) is 5.52 Å². The molecule has 0 aliphatic carbocycles. The lowest BCUT2D eigenvalue weighted by molar-refractivity contribution is -0.119. The van der Waals surface area contributed by atoms with Crippen molar-refractivity contribution in [2.45, 2.75) is 25.8 Å². The fraction of sp³-hybridized carbons (Fsp3) is 0.400. The molecule has 1 N–H and O–H groups in total.